The first-order valence-corrected chi connectivity index (χ1v) is 3.52. The largest absolute Gasteiger partial charge is 0.430 e. The quantitative estimate of drug-likeness (QED) is 0.498. The normalized spacial score (nSPS) is 14.4. The number of benzene rings is 1. The summed E-state index contributed by atoms with van der Waals surface area (Å²) in [4.78, 5) is 0. The van der Waals surface area contributed by atoms with Gasteiger partial charge in [-0.05, 0) is 29.6 Å². The second-order valence-corrected chi connectivity index (χ2v) is 2.67. The molecule has 1 nitrogen and oxygen atoms in total. The van der Waals surface area contributed by atoms with Crippen LogP contribution >= 0.6 is 0 Å². The van der Waals surface area contributed by atoms with Crippen molar-refractivity contribution in [3.63, 3.8) is 0 Å². The van der Waals surface area contributed by atoms with Gasteiger partial charge in [-0.15, -0.1) is 0 Å². The molecule has 0 saturated heterocycles. The van der Waals surface area contributed by atoms with Gasteiger partial charge < -0.3 is 4.65 Å². The molecule has 1 aliphatic heterocycles. The zero-order valence-corrected chi connectivity index (χ0v) is 6.23. The average Bonchev–Trinajstić information content (AvgIpc) is 2.45. The molecule has 0 N–H and O–H groups in total. The van der Waals surface area contributed by atoms with Crippen molar-refractivity contribution in [2.75, 3.05) is 0 Å². The summed E-state index contributed by atoms with van der Waals surface area (Å²) in [6, 6.07) is 3.21. The second kappa shape index (κ2) is 2.34. The highest BCUT2D eigenvalue weighted by atomic mass is 19.1. The van der Waals surface area contributed by atoms with Crippen molar-refractivity contribution in [3.05, 3.63) is 29.1 Å². The van der Waals surface area contributed by atoms with Crippen molar-refractivity contribution in [1.29, 1.82) is 0 Å². The predicted molar refractivity (Wildman–Crippen MR) is 41.3 cm³/mol. The van der Waals surface area contributed by atoms with Crippen molar-refractivity contribution in [3.8, 4) is 0 Å². The van der Waals surface area contributed by atoms with Gasteiger partial charge in [0.2, 0.25) is 0 Å². The molecule has 1 radical (unpaired) electrons. The predicted octanol–water partition coefficient (Wildman–Crippen LogP) is 0.909. The van der Waals surface area contributed by atoms with Crippen molar-refractivity contribution in [1.82, 2.24) is 0 Å². The fraction of sp³-hybridized carbons (Fsp3) is 0.250. The Morgan fingerprint density at radius 3 is 3.18 bits per heavy atom. The molecule has 1 heterocycles. The molecule has 0 spiro atoms. The van der Waals surface area contributed by atoms with E-state index in [1.807, 2.05) is 0 Å². The summed E-state index contributed by atoms with van der Waals surface area (Å²) in [5.74, 6) is -0.150. The molecule has 55 valence electrons. The first-order valence-electron chi connectivity index (χ1n) is 3.52. The highest BCUT2D eigenvalue weighted by Gasteiger charge is 2.16. The zero-order chi connectivity index (χ0) is 7.84. The van der Waals surface area contributed by atoms with E-state index < -0.39 is 0 Å². The maximum absolute atomic E-state index is 12.9. The van der Waals surface area contributed by atoms with Gasteiger partial charge in [-0.25, -0.2) is 4.39 Å². The van der Waals surface area contributed by atoms with Crippen LogP contribution in [0.1, 0.15) is 11.1 Å². The molecule has 0 aliphatic carbocycles. The third-order valence-electron chi connectivity index (χ3n) is 2.01. The third kappa shape index (κ3) is 0.961. The average molecular weight is 149 g/mol. The first-order chi connectivity index (χ1) is 5.29. The van der Waals surface area contributed by atoms with E-state index in [0.29, 0.717) is 12.2 Å². The van der Waals surface area contributed by atoms with E-state index in [1.54, 1.807) is 20.5 Å². The molecule has 0 fully saturated rings. The van der Waals surface area contributed by atoms with Crippen LogP contribution in [0, 0.1) is 12.7 Å². The number of hydrogen-bond donors (Lipinski definition) is 0. The maximum Gasteiger partial charge on any atom is 0.330 e. The lowest BCUT2D eigenvalue weighted by Crippen LogP contribution is -2.12. The molecule has 2 rings (SSSR count). The van der Waals surface area contributed by atoms with E-state index in [0.717, 1.165) is 11.0 Å². The van der Waals surface area contributed by atoms with E-state index in [4.69, 9.17) is 4.65 Å². The first kappa shape index (κ1) is 6.86. The van der Waals surface area contributed by atoms with Crippen molar-refractivity contribution < 1.29 is 9.04 Å². The lowest BCUT2D eigenvalue weighted by atomic mass is 9.86. The topological polar surface area (TPSA) is 9.23 Å². The van der Waals surface area contributed by atoms with Crippen molar-refractivity contribution in [2.45, 2.75) is 13.5 Å². The maximum atomic E-state index is 12.9. The molecule has 3 heteroatoms. The van der Waals surface area contributed by atoms with E-state index in [9.17, 15) is 4.39 Å². The van der Waals surface area contributed by atoms with Crippen LogP contribution in [-0.2, 0) is 11.3 Å². The second-order valence-electron chi connectivity index (χ2n) is 2.67. The fourth-order valence-electron chi connectivity index (χ4n) is 1.27. The van der Waals surface area contributed by atoms with Crippen LogP contribution in [0.2, 0.25) is 0 Å². The van der Waals surface area contributed by atoms with Gasteiger partial charge in [0, 0.05) is 0 Å². The molecule has 1 aromatic rings. The lowest BCUT2D eigenvalue weighted by molar-refractivity contribution is 0.343. The molecule has 0 saturated carbocycles. The Hall–Kier alpha value is -0.825. The van der Waals surface area contributed by atoms with Crippen LogP contribution in [0.4, 0.5) is 4.39 Å². The summed E-state index contributed by atoms with van der Waals surface area (Å²) >= 11 is 0. The number of hydrogen-bond acceptors (Lipinski definition) is 1. The molecule has 1 aliphatic rings. The minimum atomic E-state index is -0.150. The Balaban J connectivity index is 2.62. The molecular weight excluding hydrogens is 142 g/mol. The monoisotopic (exact) mass is 149 g/mol. The standard InChI is InChI=1S/C8H7BFO/c1-5-6-4-11-9-7(6)2-3-8(5)10/h2-3H,4H2,1H3. The molecular formula is C8H7BFO. The Kier molecular flexibility index (Phi) is 1.46. The summed E-state index contributed by atoms with van der Waals surface area (Å²) < 4.78 is 18.0. The van der Waals surface area contributed by atoms with Crippen LogP contribution in [0.3, 0.4) is 0 Å². The molecule has 0 unspecified atom stereocenters. The van der Waals surface area contributed by atoms with Gasteiger partial charge >= 0.3 is 7.48 Å². The molecule has 0 atom stereocenters. The van der Waals surface area contributed by atoms with Gasteiger partial charge in [-0.2, -0.15) is 0 Å². The van der Waals surface area contributed by atoms with Gasteiger partial charge in [-0.1, -0.05) is 6.07 Å². The van der Waals surface area contributed by atoms with Crippen LogP contribution in [0.25, 0.3) is 0 Å². The Morgan fingerprint density at radius 1 is 1.55 bits per heavy atom. The van der Waals surface area contributed by atoms with E-state index >= 15 is 0 Å². The van der Waals surface area contributed by atoms with E-state index in [-0.39, 0.29) is 5.82 Å². The van der Waals surface area contributed by atoms with Gasteiger partial charge in [0.05, 0.1) is 6.61 Å². The SMILES string of the molecule is Cc1c(F)ccc2c1CO[B]2. The van der Waals surface area contributed by atoms with Gasteiger partial charge in [0.1, 0.15) is 5.82 Å². The van der Waals surface area contributed by atoms with Crippen LogP contribution < -0.4 is 5.46 Å². The van der Waals surface area contributed by atoms with E-state index in [2.05, 4.69) is 0 Å². The fourth-order valence-corrected chi connectivity index (χ4v) is 1.27. The highest BCUT2D eigenvalue weighted by Crippen LogP contribution is 2.14. The van der Waals surface area contributed by atoms with Gasteiger partial charge in [-0.3, -0.25) is 0 Å². The van der Waals surface area contributed by atoms with E-state index in [1.165, 1.54) is 6.07 Å². The molecule has 0 amide bonds. The highest BCUT2D eigenvalue weighted by molar-refractivity contribution is 6.48. The minimum Gasteiger partial charge on any atom is -0.430 e. The Bertz CT molecular complexity index is 298. The summed E-state index contributed by atoms with van der Waals surface area (Å²) in [6.45, 7) is 2.29. The summed E-state index contributed by atoms with van der Waals surface area (Å²) in [6.07, 6.45) is 0. The third-order valence-corrected chi connectivity index (χ3v) is 2.01. The molecule has 0 aromatic heterocycles. The van der Waals surface area contributed by atoms with Crippen LogP contribution in [0.15, 0.2) is 12.1 Å². The molecule has 11 heavy (non-hydrogen) atoms. The zero-order valence-electron chi connectivity index (χ0n) is 6.23. The van der Waals surface area contributed by atoms with Crippen LogP contribution in [-0.4, -0.2) is 7.48 Å². The van der Waals surface area contributed by atoms with Gasteiger partial charge in [0.25, 0.3) is 0 Å². The van der Waals surface area contributed by atoms with Crippen LogP contribution in [0.5, 0.6) is 0 Å². The summed E-state index contributed by atoms with van der Waals surface area (Å²) in [5.41, 5.74) is 2.69. The summed E-state index contributed by atoms with van der Waals surface area (Å²) in [7, 11) is 1.67. The Labute approximate surface area is 65.5 Å². The minimum absolute atomic E-state index is 0.150. The number of halogens is 1. The van der Waals surface area contributed by atoms with Gasteiger partial charge in [0.15, 0.2) is 0 Å². The summed E-state index contributed by atoms with van der Waals surface area (Å²) in [5, 5.41) is 0. The van der Waals surface area contributed by atoms with Crippen molar-refractivity contribution in [2.24, 2.45) is 0 Å². The number of rotatable bonds is 0. The molecule has 1 aromatic carbocycles. The smallest absolute Gasteiger partial charge is 0.330 e. The number of fused-ring (bicyclic) bond motifs is 1. The Morgan fingerprint density at radius 2 is 2.36 bits per heavy atom. The molecule has 0 bridgehead atoms. The lowest BCUT2D eigenvalue weighted by Gasteiger charge is -2.02. The van der Waals surface area contributed by atoms with Crippen molar-refractivity contribution >= 4 is 12.9 Å².